The van der Waals surface area contributed by atoms with Gasteiger partial charge in [-0.2, -0.15) is 0 Å². The number of carbonyl (C=O) groups is 2. The molecule has 13 heteroatoms. The molecule has 0 unspecified atom stereocenters. The number of ether oxygens (including phenoxy) is 1. The predicted octanol–water partition coefficient (Wildman–Crippen LogP) is 5.79. The second-order valence-corrected chi connectivity index (χ2v) is 13.6. The Morgan fingerprint density at radius 2 is 1.84 bits per heavy atom. The Balaban J connectivity index is 1.66. The van der Waals surface area contributed by atoms with E-state index in [9.17, 15) is 23.1 Å². The molecule has 228 valence electrons. The minimum atomic E-state index is -4.02. The van der Waals surface area contributed by atoms with Gasteiger partial charge in [0.25, 0.3) is 5.91 Å². The molecule has 0 radical (unpaired) electrons. The van der Waals surface area contributed by atoms with Crippen LogP contribution in [0.3, 0.4) is 0 Å². The third-order valence-corrected chi connectivity index (χ3v) is 10.4. The zero-order valence-electron chi connectivity index (χ0n) is 23.1. The standard InChI is InChI=1S/C30H30Cl2FN3O6S/c1-2-22(17-35(43(40,41)23-12-13-23)29-24(33)7-4-14-34-29)36-27(18-8-10-20(31)11-9-18)28(19-5-3-6-21(32)15-19)42-25(30(36)39)16-26(37)38/h3-11,14-15,22-23,25,27-28H,2,12-13,16-17H2,1H3,(H,37,38)/t22-,25+,27+,28+/m0/s1. The van der Waals surface area contributed by atoms with Crippen molar-refractivity contribution in [1.82, 2.24) is 9.88 Å². The van der Waals surface area contributed by atoms with Crippen LogP contribution < -0.4 is 4.31 Å². The normalized spacial score (nSPS) is 21.4. The lowest BCUT2D eigenvalue weighted by Gasteiger charge is -2.48. The molecule has 9 nitrogen and oxygen atoms in total. The van der Waals surface area contributed by atoms with Crippen molar-refractivity contribution >= 4 is 50.9 Å². The quantitative estimate of drug-likeness (QED) is 0.279. The molecule has 0 bridgehead atoms. The second-order valence-electron chi connectivity index (χ2n) is 10.6. The lowest BCUT2D eigenvalue weighted by molar-refractivity contribution is -0.183. The molecule has 0 spiro atoms. The van der Waals surface area contributed by atoms with Crippen LogP contribution in [0.5, 0.6) is 0 Å². The Bertz CT molecular complexity index is 1610. The summed E-state index contributed by atoms with van der Waals surface area (Å²) in [4.78, 5) is 31.5. The summed E-state index contributed by atoms with van der Waals surface area (Å²) in [7, 11) is -4.02. The predicted molar refractivity (Wildman–Crippen MR) is 160 cm³/mol. The maximum absolute atomic E-state index is 15.1. The summed E-state index contributed by atoms with van der Waals surface area (Å²) in [6.07, 6.45) is -0.437. The topological polar surface area (TPSA) is 117 Å². The van der Waals surface area contributed by atoms with Gasteiger partial charge in [0.2, 0.25) is 10.0 Å². The fourth-order valence-electron chi connectivity index (χ4n) is 5.42. The third-order valence-electron chi connectivity index (χ3n) is 7.65. The van der Waals surface area contributed by atoms with Gasteiger partial charge in [0.1, 0.15) is 12.2 Å². The van der Waals surface area contributed by atoms with Crippen LogP contribution in [0.2, 0.25) is 10.0 Å². The minimum absolute atomic E-state index is 0.253. The SMILES string of the molecule is CC[C@@H](CN(c1ncccc1F)S(=O)(=O)C1CC1)N1C(=O)[C@@H](CC(=O)O)O[C@H](c2cccc(Cl)c2)[C@H]1c1ccc(Cl)cc1. The number of hydrogen-bond acceptors (Lipinski definition) is 6. The molecular formula is C30H30Cl2FN3O6S. The van der Waals surface area contributed by atoms with Gasteiger partial charge in [-0.15, -0.1) is 0 Å². The van der Waals surface area contributed by atoms with Crippen LogP contribution >= 0.6 is 23.2 Å². The molecule has 2 aliphatic rings. The summed E-state index contributed by atoms with van der Waals surface area (Å²) in [6, 6.07) is 14.5. The van der Waals surface area contributed by atoms with E-state index in [1.54, 1.807) is 55.5 Å². The number of sulfonamides is 1. The Hall–Kier alpha value is -3.25. The highest BCUT2D eigenvalue weighted by atomic mass is 35.5. The van der Waals surface area contributed by atoms with Crippen molar-refractivity contribution < 1.29 is 32.2 Å². The van der Waals surface area contributed by atoms with Crippen molar-refractivity contribution in [3.05, 3.63) is 93.8 Å². The molecular weight excluding hydrogens is 620 g/mol. The highest BCUT2D eigenvalue weighted by Gasteiger charge is 2.49. The van der Waals surface area contributed by atoms with Crippen molar-refractivity contribution in [1.29, 1.82) is 0 Å². The summed E-state index contributed by atoms with van der Waals surface area (Å²) in [5.74, 6) is -3.04. The lowest BCUT2D eigenvalue weighted by atomic mass is 9.89. The number of aliphatic carboxylic acids is 1. The molecule has 3 aromatic rings. The van der Waals surface area contributed by atoms with Gasteiger partial charge in [-0.3, -0.25) is 9.59 Å². The zero-order chi connectivity index (χ0) is 30.9. The number of rotatable bonds is 11. The number of carboxylic acids is 1. The van der Waals surface area contributed by atoms with E-state index in [-0.39, 0.29) is 18.8 Å². The Morgan fingerprint density at radius 1 is 1.12 bits per heavy atom. The summed E-state index contributed by atoms with van der Waals surface area (Å²) in [6.45, 7) is 1.48. The zero-order valence-corrected chi connectivity index (χ0v) is 25.5. The van der Waals surface area contributed by atoms with E-state index in [4.69, 9.17) is 27.9 Å². The number of carboxylic acid groups (broad SMARTS) is 1. The summed E-state index contributed by atoms with van der Waals surface area (Å²) >= 11 is 12.5. The maximum Gasteiger partial charge on any atom is 0.306 e. The number of anilines is 1. The first-order chi connectivity index (χ1) is 20.5. The van der Waals surface area contributed by atoms with Gasteiger partial charge in [0.05, 0.1) is 30.3 Å². The second kappa shape index (κ2) is 12.8. The molecule has 1 saturated carbocycles. The molecule has 4 atom stereocenters. The third kappa shape index (κ3) is 6.64. The summed E-state index contributed by atoms with van der Waals surface area (Å²) in [5, 5.41) is 9.84. The van der Waals surface area contributed by atoms with Gasteiger partial charge < -0.3 is 14.7 Å². The van der Waals surface area contributed by atoms with Crippen LogP contribution in [0.15, 0.2) is 66.9 Å². The van der Waals surface area contributed by atoms with Gasteiger partial charge >= 0.3 is 5.97 Å². The molecule has 2 fully saturated rings. The number of aromatic nitrogens is 1. The first kappa shape index (κ1) is 31.2. The molecule has 2 heterocycles. The number of pyridine rings is 1. The number of morpholine rings is 1. The molecule has 1 aliphatic heterocycles. The minimum Gasteiger partial charge on any atom is -0.481 e. The monoisotopic (exact) mass is 649 g/mol. The molecule has 43 heavy (non-hydrogen) atoms. The Labute approximate surface area is 259 Å². The van der Waals surface area contributed by atoms with Gasteiger partial charge in [-0.25, -0.2) is 22.1 Å². The molecule has 1 aliphatic carbocycles. The van der Waals surface area contributed by atoms with Crippen molar-refractivity contribution in [2.24, 2.45) is 0 Å². The van der Waals surface area contributed by atoms with E-state index >= 15 is 4.39 Å². The van der Waals surface area contributed by atoms with E-state index < -0.39 is 63.7 Å². The number of benzene rings is 2. The summed E-state index contributed by atoms with van der Waals surface area (Å²) in [5.41, 5.74) is 1.21. The number of amides is 1. The Kier molecular flexibility index (Phi) is 9.26. The van der Waals surface area contributed by atoms with Crippen molar-refractivity contribution in [2.75, 3.05) is 10.8 Å². The first-order valence-electron chi connectivity index (χ1n) is 13.8. The molecule has 1 amide bonds. The molecule has 2 aromatic carbocycles. The van der Waals surface area contributed by atoms with Gasteiger partial charge in [0.15, 0.2) is 11.6 Å². The van der Waals surface area contributed by atoms with Gasteiger partial charge in [-0.05, 0) is 66.8 Å². The first-order valence-corrected chi connectivity index (χ1v) is 16.1. The smallest absolute Gasteiger partial charge is 0.306 e. The number of carbonyl (C=O) groups excluding carboxylic acids is 1. The molecule has 1 aromatic heterocycles. The molecule has 1 N–H and O–H groups in total. The van der Waals surface area contributed by atoms with Crippen LogP contribution in [-0.2, 0) is 24.3 Å². The number of halogens is 3. The largest absolute Gasteiger partial charge is 0.481 e. The molecule has 5 rings (SSSR count). The van der Waals surface area contributed by atoms with Gasteiger partial charge in [0, 0.05) is 16.2 Å². The van der Waals surface area contributed by atoms with E-state index in [0.717, 1.165) is 10.4 Å². The fraction of sp³-hybridized carbons (Fsp3) is 0.367. The number of hydrogen-bond donors (Lipinski definition) is 1. The highest BCUT2D eigenvalue weighted by Crippen LogP contribution is 2.45. The van der Waals surface area contributed by atoms with Crippen LogP contribution in [0.25, 0.3) is 0 Å². The van der Waals surface area contributed by atoms with Crippen LogP contribution in [-0.4, -0.2) is 59.2 Å². The van der Waals surface area contributed by atoms with E-state index in [0.29, 0.717) is 34.0 Å². The summed E-state index contributed by atoms with van der Waals surface area (Å²) < 4.78 is 49.6. The number of nitrogens with zero attached hydrogens (tertiary/aromatic N) is 3. The molecule has 1 saturated heterocycles. The highest BCUT2D eigenvalue weighted by molar-refractivity contribution is 7.93. The Morgan fingerprint density at radius 3 is 2.44 bits per heavy atom. The van der Waals surface area contributed by atoms with Crippen LogP contribution in [0, 0.1) is 5.82 Å². The lowest BCUT2D eigenvalue weighted by Crippen LogP contribution is -2.58. The average molecular weight is 651 g/mol. The van der Waals surface area contributed by atoms with Crippen molar-refractivity contribution in [2.45, 2.75) is 62.1 Å². The van der Waals surface area contributed by atoms with E-state index in [2.05, 4.69) is 4.98 Å². The van der Waals surface area contributed by atoms with Gasteiger partial charge in [-0.1, -0.05) is 54.4 Å². The van der Waals surface area contributed by atoms with Crippen molar-refractivity contribution in [3.63, 3.8) is 0 Å². The van der Waals surface area contributed by atoms with E-state index in [1.807, 2.05) is 0 Å². The van der Waals surface area contributed by atoms with Crippen molar-refractivity contribution in [3.8, 4) is 0 Å². The van der Waals surface area contributed by atoms with Crippen LogP contribution in [0.4, 0.5) is 10.2 Å². The van der Waals surface area contributed by atoms with Crippen LogP contribution in [0.1, 0.15) is 55.9 Å². The van der Waals surface area contributed by atoms with E-state index in [1.165, 1.54) is 17.2 Å². The average Bonchev–Trinajstić information content (AvgIpc) is 3.82. The maximum atomic E-state index is 15.1. The fourth-order valence-corrected chi connectivity index (χ4v) is 7.59.